The minimum Gasteiger partial charge on any atom is -0.387 e. The van der Waals surface area contributed by atoms with E-state index in [4.69, 9.17) is 10.5 Å². The van der Waals surface area contributed by atoms with Crippen LogP contribution in [0.25, 0.3) is 11.2 Å². The Hall–Kier alpha value is -2.80. The average Bonchev–Trinajstić information content (AvgIpc) is 3.24. The van der Waals surface area contributed by atoms with Crippen LogP contribution in [0.4, 0.5) is 19.0 Å². The van der Waals surface area contributed by atoms with Crippen LogP contribution in [0.3, 0.4) is 0 Å². The molecule has 0 unspecified atom stereocenters. The summed E-state index contributed by atoms with van der Waals surface area (Å²) in [4.78, 5) is 11.9. The monoisotopic (exact) mass is 425 g/mol. The first-order valence-electron chi connectivity index (χ1n) is 8.86. The van der Waals surface area contributed by atoms with Crippen molar-refractivity contribution in [2.45, 2.75) is 43.2 Å². The summed E-state index contributed by atoms with van der Waals surface area (Å²) in [6.07, 6.45) is -7.60. The normalized spacial score (nSPS) is 26.8. The Morgan fingerprint density at radius 3 is 2.30 bits per heavy atom. The van der Waals surface area contributed by atoms with Crippen LogP contribution in [0, 0.1) is 0 Å². The number of imidazole rings is 1. The summed E-state index contributed by atoms with van der Waals surface area (Å²) in [5.74, 6) is 0.111. The van der Waals surface area contributed by atoms with Crippen LogP contribution < -0.4 is 5.73 Å². The molecular formula is C18H18F3N5O4. The molecule has 2 aromatic heterocycles. The number of anilines is 1. The number of nitrogen functional groups attached to an aromatic ring is 1. The second-order valence-corrected chi connectivity index (χ2v) is 7.23. The van der Waals surface area contributed by atoms with E-state index in [9.17, 15) is 28.5 Å². The van der Waals surface area contributed by atoms with E-state index in [1.807, 2.05) is 0 Å². The van der Waals surface area contributed by atoms with Gasteiger partial charge < -0.3 is 25.8 Å². The Bertz CT molecular complexity index is 1070. The van der Waals surface area contributed by atoms with Crippen molar-refractivity contribution in [3.63, 3.8) is 0 Å². The Morgan fingerprint density at radius 1 is 1.03 bits per heavy atom. The number of halogens is 3. The number of hydrogen-bond donors (Lipinski definition) is 4. The third-order valence-corrected chi connectivity index (χ3v) is 5.25. The predicted octanol–water partition coefficient (Wildman–Crippen LogP) is 0.954. The van der Waals surface area contributed by atoms with Crippen LogP contribution in [0.5, 0.6) is 0 Å². The van der Waals surface area contributed by atoms with E-state index in [0.29, 0.717) is 0 Å². The van der Waals surface area contributed by atoms with E-state index >= 15 is 0 Å². The maximum Gasteiger partial charge on any atom is 0.416 e. The molecule has 0 bridgehead atoms. The first-order chi connectivity index (χ1) is 14.0. The number of benzene rings is 1. The Kier molecular flexibility index (Phi) is 4.69. The third-order valence-electron chi connectivity index (χ3n) is 5.25. The topological polar surface area (TPSA) is 140 Å². The Morgan fingerprint density at radius 2 is 1.67 bits per heavy atom. The highest BCUT2D eigenvalue weighted by Gasteiger charge is 2.52. The molecule has 30 heavy (non-hydrogen) atoms. The SMILES string of the molecule is C[C@@](O)(c1ccc(C(F)(F)F)cc1)[C@H]1O[C@@H](n2cnc3c(N)ncnc32)[C@H](O)[C@@H]1O. The van der Waals surface area contributed by atoms with Crippen molar-refractivity contribution in [3.05, 3.63) is 48.0 Å². The van der Waals surface area contributed by atoms with Gasteiger partial charge in [0.05, 0.1) is 11.9 Å². The molecule has 1 aliphatic heterocycles. The fourth-order valence-electron chi connectivity index (χ4n) is 3.57. The summed E-state index contributed by atoms with van der Waals surface area (Å²) in [5.41, 5.74) is 3.54. The standard InChI is InChI=1S/C18H18F3N5O4/c1-17(29,8-2-4-9(5-3-8)18(19,20)21)13-11(27)12(28)16(30-13)26-7-25-10-14(22)23-6-24-15(10)26/h2-7,11-13,16,27-29H,1H3,(H2,22,23,24)/t11-,12+,13-,16+,17+/m0/s1. The Balaban J connectivity index is 1.66. The minimum absolute atomic E-state index is 0.0782. The van der Waals surface area contributed by atoms with Gasteiger partial charge in [-0.1, -0.05) is 12.1 Å². The fourth-order valence-corrected chi connectivity index (χ4v) is 3.57. The lowest BCUT2D eigenvalue weighted by Gasteiger charge is -2.32. The number of alkyl halides is 3. The fraction of sp³-hybridized carbons (Fsp3) is 0.389. The summed E-state index contributed by atoms with van der Waals surface area (Å²) in [6, 6.07) is 3.84. The lowest BCUT2D eigenvalue weighted by atomic mass is 9.86. The maximum atomic E-state index is 12.8. The van der Waals surface area contributed by atoms with E-state index in [-0.39, 0.29) is 22.5 Å². The van der Waals surface area contributed by atoms with Crippen molar-refractivity contribution < 1.29 is 33.2 Å². The number of aromatic nitrogens is 4. The van der Waals surface area contributed by atoms with Gasteiger partial charge in [0, 0.05) is 0 Å². The molecule has 160 valence electrons. The highest BCUT2D eigenvalue weighted by molar-refractivity contribution is 5.81. The van der Waals surface area contributed by atoms with Crippen LogP contribution in [0.15, 0.2) is 36.9 Å². The summed E-state index contributed by atoms with van der Waals surface area (Å²) in [6.45, 7) is 1.28. The highest BCUT2D eigenvalue weighted by Crippen LogP contribution is 2.41. The zero-order chi connectivity index (χ0) is 21.8. The second kappa shape index (κ2) is 6.87. The average molecular weight is 425 g/mol. The van der Waals surface area contributed by atoms with Gasteiger partial charge in [-0.2, -0.15) is 13.2 Å². The number of aliphatic hydroxyl groups is 3. The number of hydrogen-bond acceptors (Lipinski definition) is 8. The Labute approximate surface area is 167 Å². The van der Waals surface area contributed by atoms with Gasteiger partial charge >= 0.3 is 6.18 Å². The number of nitrogens with zero attached hydrogens (tertiary/aromatic N) is 4. The van der Waals surface area contributed by atoms with Crippen molar-refractivity contribution >= 4 is 17.0 Å². The number of aliphatic hydroxyl groups excluding tert-OH is 2. The summed E-state index contributed by atoms with van der Waals surface area (Å²) >= 11 is 0. The summed E-state index contributed by atoms with van der Waals surface area (Å²) in [5, 5.41) is 32.1. The van der Waals surface area contributed by atoms with E-state index in [1.54, 1.807) is 0 Å². The molecule has 9 nitrogen and oxygen atoms in total. The van der Waals surface area contributed by atoms with Gasteiger partial charge in [0.15, 0.2) is 17.7 Å². The molecule has 1 fully saturated rings. The largest absolute Gasteiger partial charge is 0.416 e. The molecule has 1 aromatic carbocycles. The molecule has 0 radical (unpaired) electrons. The molecule has 3 heterocycles. The van der Waals surface area contributed by atoms with E-state index in [2.05, 4.69) is 15.0 Å². The lowest BCUT2D eigenvalue weighted by molar-refractivity contribution is -0.139. The van der Waals surface area contributed by atoms with Gasteiger partial charge in [-0.25, -0.2) is 15.0 Å². The lowest BCUT2D eigenvalue weighted by Crippen LogP contribution is -2.45. The van der Waals surface area contributed by atoms with Crippen LogP contribution in [-0.2, 0) is 16.5 Å². The molecule has 0 spiro atoms. The molecule has 0 saturated carbocycles. The smallest absolute Gasteiger partial charge is 0.387 e. The highest BCUT2D eigenvalue weighted by atomic mass is 19.4. The van der Waals surface area contributed by atoms with Crippen LogP contribution >= 0.6 is 0 Å². The first kappa shape index (κ1) is 20.5. The summed E-state index contributed by atoms with van der Waals surface area (Å²) < 4.78 is 45.5. The van der Waals surface area contributed by atoms with Gasteiger partial charge in [-0.3, -0.25) is 4.57 Å². The number of fused-ring (bicyclic) bond motifs is 1. The van der Waals surface area contributed by atoms with Crippen molar-refractivity contribution in [1.29, 1.82) is 0 Å². The maximum absolute atomic E-state index is 12.8. The van der Waals surface area contributed by atoms with Crippen molar-refractivity contribution in [3.8, 4) is 0 Å². The minimum atomic E-state index is -4.53. The number of rotatable bonds is 3. The predicted molar refractivity (Wildman–Crippen MR) is 96.7 cm³/mol. The number of ether oxygens (including phenoxy) is 1. The first-order valence-corrected chi connectivity index (χ1v) is 8.86. The molecule has 0 aliphatic carbocycles. The van der Waals surface area contributed by atoms with Gasteiger partial charge in [0.1, 0.15) is 35.8 Å². The van der Waals surface area contributed by atoms with Crippen molar-refractivity contribution in [2.75, 3.05) is 5.73 Å². The second-order valence-electron chi connectivity index (χ2n) is 7.23. The van der Waals surface area contributed by atoms with Gasteiger partial charge in [0.2, 0.25) is 0 Å². The molecule has 5 atom stereocenters. The molecule has 1 aliphatic rings. The van der Waals surface area contributed by atoms with E-state index in [0.717, 1.165) is 24.3 Å². The summed E-state index contributed by atoms with van der Waals surface area (Å²) in [7, 11) is 0. The quantitative estimate of drug-likeness (QED) is 0.487. The molecule has 0 amide bonds. The molecule has 1 saturated heterocycles. The van der Waals surface area contributed by atoms with Crippen LogP contribution in [0.2, 0.25) is 0 Å². The number of nitrogens with two attached hydrogens (primary N) is 1. The molecule has 5 N–H and O–H groups in total. The molecule has 4 rings (SSSR count). The van der Waals surface area contributed by atoms with Gasteiger partial charge in [-0.05, 0) is 24.6 Å². The third kappa shape index (κ3) is 3.17. The van der Waals surface area contributed by atoms with Crippen LogP contribution in [0.1, 0.15) is 24.3 Å². The molecular weight excluding hydrogens is 407 g/mol. The van der Waals surface area contributed by atoms with Crippen LogP contribution in [-0.4, -0.2) is 53.2 Å². The zero-order valence-electron chi connectivity index (χ0n) is 15.5. The zero-order valence-corrected chi connectivity index (χ0v) is 15.5. The van der Waals surface area contributed by atoms with E-state index in [1.165, 1.54) is 24.1 Å². The van der Waals surface area contributed by atoms with E-state index < -0.39 is 41.9 Å². The van der Waals surface area contributed by atoms with Crippen molar-refractivity contribution in [2.24, 2.45) is 0 Å². The van der Waals surface area contributed by atoms with Crippen molar-refractivity contribution in [1.82, 2.24) is 19.5 Å². The van der Waals surface area contributed by atoms with Gasteiger partial charge in [0.25, 0.3) is 0 Å². The molecule has 12 heteroatoms. The van der Waals surface area contributed by atoms with Gasteiger partial charge in [-0.15, -0.1) is 0 Å². The molecule has 3 aromatic rings.